The second-order valence-corrected chi connectivity index (χ2v) is 4.65. The Hall–Kier alpha value is -2.58. The molecule has 0 atom stereocenters. The van der Waals surface area contributed by atoms with Crippen LogP contribution >= 0.6 is 0 Å². The van der Waals surface area contributed by atoms with Gasteiger partial charge in [-0.3, -0.25) is 9.36 Å². The molecule has 1 N–H and O–H groups in total. The van der Waals surface area contributed by atoms with E-state index in [0.717, 1.165) is 5.69 Å². The molecule has 0 fully saturated rings. The maximum absolute atomic E-state index is 11.7. The number of hydrogen-bond acceptors (Lipinski definition) is 6. The maximum atomic E-state index is 11.7. The van der Waals surface area contributed by atoms with Crippen molar-refractivity contribution in [3.05, 3.63) is 34.3 Å². The highest BCUT2D eigenvalue weighted by Crippen LogP contribution is 1.96. The molecule has 0 saturated heterocycles. The number of tetrazole rings is 1. The smallest absolute Gasteiger partial charge is 0.348 e. The first kappa shape index (κ1) is 14.8. The number of rotatable bonds is 6. The van der Waals surface area contributed by atoms with Crippen LogP contribution < -0.4 is 11.0 Å². The van der Waals surface area contributed by atoms with E-state index in [0.29, 0.717) is 25.3 Å². The predicted octanol–water partition coefficient (Wildman–Crippen LogP) is -0.947. The summed E-state index contributed by atoms with van der Waals surface area (Å²) < 4.78 is 3.02. The van der Waals surface area contributed by atoms with E-state index in [1.807, 2.05) is 13.0 Å². The fourth-order valence-corrected chi connectivity index (χ4v) is 1.94. The molecule has 0 radical (unpaired) electrons. The molecule has 9 nitrogen and oxygen atoms in total. The Morgan fingerprint density at radius 3 is 2.81 bits per heavy atom. The van der Waals surface area contributed by atoms with Crippen LogP contribution in [0.4, 0.5) is 0 Å². The number of nitrogens with zero attached hydrogens (tertiary/aromatic N) is 6. The summed E-state index contributed by atoms with van der Waals surface area (Å²) in [5.41, 5.74) is 1.23. The number of nitrogens with one attached hydrogen (secondary N) is 1. The van der Waals surface area contributed by atoms with E-state index in [4.69, 9.17) is 0 Å². The van der Waals surface area contributed by atoms with Gasteiger partial charge in [-0.1, -0.05) is 0 Å². The van der Waals surface area contributed by atoms with Crippen LogP contribution in [0, 0.1) is 13.8 Å². The lowest BCUT2D eigenvalue weighted by Crippen LogP contribution is -2.33. The van der Waals surface area contributed by atoms with Crippen molar-refractivity contribution in [2.45, 2.75) is 33.4 Å². The molecule has 0 saturated carbocycles. The summed E-state index contributed by atoms with van der Waals surface area (Å²) in [6.45, 7) is 4.81. The Labute approximate surface area is 121 Å². The molecule has 9 heteroatoms. The highest BCUT2D eigenvalue weighted by molar-refractivity contribution is 5.75. The topological polar surface area (TPSA) is 108 Å². The molecule has 0 unspecified atom stereocenters. The van der Waals surface area contributed by atoms with Crippen molar-refractivity contribution >= 4 is 5.91 Å². The molecule has 0 aliphatic heterocycles. The van der Waals surface area contributed by atoms with E-state index in [2.05, 4.69) is 25.8 Å². The highest BCUT2D eigenvalue weighted by atomic mass is 16.2. The highest BCUT2D eigenvalue weighted by Gasteiger charge is 2.05. The molecule has 2 aromatic rings. The van der Waals surface area contributed by atoms with E-state index < -0.39 is 0 Å². The van der Waals surface area contributed by atoms with Gasteiger partial charge in [-0.25, -0.2) is 9.48 Å². The Morgan fingerprint density at radius 1 is 1.33 bits per heavy atom. The summed E-state index contributed by atoms with van der Waals surface area (Å²) in [6.07, 6.45) is 1.74. The number of hydrogen-bond donors (Lipinski definition) is 1. The summed E-state index contributed by atoms with van der Waals surface area (Å²) in [7, 11) is 0. The maximum Gasteiger partial charge on any atom is 0.348 e. The zero-order valence-electron chi connectivity index (χ0n) is 12.0. The van der Waals surface area contributed by atoms with Gasteiger partial charge in [-0.15, -0.1) is 5.10 Å². The monoisotopic (exact) mass is 291 g/mol. The van der Waals surface area contributed by atoms with Crippen LogP contribution in [0.1, 0.15) is 17.8 Å². The molecule has 0 aliphatic rings. The molecule has 0 spiro atoms. The Morgan fingerprint density at radius 2 is 2.14 bits per heavy atom. The Kier molecular flexibility index (Phi) is 4.75. The average Bonchev–Trinajstić information content (AvgIpc) is 2.92. The standard InChI is InChI=1S/C12H17N7O2/c1-9-7-10(2)19(12(21)15-9)6-4-13-11(20)3-5-18-8-14-16-17-18/h7-8H,3-6H2,1-2H3,(H,13,20). The van der Waals surface area contributed by atoms with Gasteiger partial charge in [-0.2, -0.15) is 4.98 Å². The van der Waals surface area contributed by atoms with Gasteiger partial charge in [0.15, 0.2) is 0 Å². The average molecular weight is 291 g/mol. The normalized spacial score (nSPS) is 10.6. The molecule has 2 aromatic heterocycles. The number of carbonyl (C=O) groups excluding carboxylic acids is 1. The number of aromatic nitrogens is 6. The summed E-state index contributed by atoms with van der Waals surface area (Å²) >= 11 is 0. The summed E-state index contributed by atoms with van der Waals surface area (Å²) in [4.78, 5) is 27.3. The third-order valence-corrected chi connectivity index (χ3v) is 2.96. The van der Waals surface area contributed by atoms with Gasteiger partial charge in [0.05, 0.1) is 6.54 Å². The molecule has 21 heavy (non-hydrogen) atoms. The Balaban J connectivity index is 1.79. The van der Waals surface area contributed by atoms with E-state index in [1.165, 1.54) is 15.6 Å². The quantitative estimate of drug-likeness (QED) is 0.735. The molecule has 2 heterocycles. The predicted molar refractivity (Wildman–Crippen MR) is 73.4 cm³/mol. The molecule has 1 amide bonds. The minimum Gasteiger partial charge on any atom is -0.354 e. The van der Waals surface area contributed by atoms with Crippen molar-refractivity contribution in [3.8, 4) is 0 Å². The summed E-state index contributed by atoms with van der Waals surface area (Å²) in [6, 6.07) is 1.83. The van der Waals surface area contributed by atoms with Crippen molar-refractivity contribution < 1.29 is 4.79 Å². The zero-order valence-corrected chi connectivity index (χ0v) is 12.0. The number of carbonyl (C=O) groups is 1. The molecular weight excluding hydrogens is 274 g/mol. The molecule has 0 aliphatic carbocycles. The fraction of sp³-hybridized carbons (Fsp3) is 0.500. The van der Waals surface area contributed by atoms with E-state index in [9.17, 15) is 9.59 Å². The van der Waals surface area contributed by atoms with Crippen LogP contribution in [0.15, 0.2) is 17.2 Å². The van der Waals surface area contributed by atoms with E-state index in [-0.39, 0.29) is 18.0 Å². The first-order chi connectivity index (χ1) is 10.1. The minimum absolute atomic E-state index is 0.115. The van der Waals surface area contributed by atoms with E-state index >= 15 is 0 Å². The molecule has 112 valence electrons. The first-order valence-electron chi connectivity index (χ1n) is 6.59. The van der Waals surface area contributed by atoms with Crippen molar-refractivity contribution in [1.82, 2.24) is 35.1 Å². The van der Waals surface area contributed by atoms with Crippen molar-refractivity contribution in [2.24, 2.45) is 0 Å². The van der Waals surface area contributed by atoms with Crippen molar-refractivity contribution in [2.75, 3.05) is 6.54 Å². The van der Waals surface area contributed by atoms with Crippen LogP contribution in [-0.2, 0) is 17.9 Å². The van der Waals surface area contributed by atoms with E-state index in [1.54, 1.807) is 6.92 Å². The molecule has 0 aromatic carbocycles. The van der Waals surface area contributed by atoms with Gasteiger partial charge < -0.3 is 5.32 Å². The second-order valence-electron chi connectivity index (χ2n) is 4.65. The van der Waals surface area contributed by atoms with Crippen molar-refractivity contribution in [1.29, 1.82) is 0 Å². The largest absolute Gasteiger partial charge is 0.354 e. The molecule has 2 rings (SSSR count). The summed E-state index contributed by atoms with van der Waals surface area (Å²) in [5, 5.41) is 13.4. The lowest BCUT2D eigenvalue weighted by molar-refractivity contribution is -0.121. The van der Waals surface area contributed by atoms with Crippen LogP contribution in [0.5, 0.6) is 0 Å². The summed E-state index contributed by atoms with van der Waals surface area (Å²) in [5.74, 6) is -0.115. The number of aryl methyl sites for hydroxylation is 3. The minimum atomic E-state index is -0.296. The van der Waals surface area contributed by atoms with Crippen LogP contribution in [0.3, 0.4) is 0 Å². The Bertz CT molecular complexity index is 663. The van der Waals surface area contributed by atoms with Crippen LogP contribution in [0.2, 0.25) is 0 Å². The second kappa shape index (κ2) is 6.73. The molecule has 0 bridgehead atoms. The van der Waals surface area contributed by atoms with Gasteiger partial charge in [0, 0.05) is 30.9 Å². The third kappa shape index (κ3) is 4.20. The van der Waals surface area contributed by atoms with Gasteiger partial charge >= 0.3 is 5.69 Å². The van der Waals surface area contributed by atoms with Crippen LogP contribution in [0.25, 0.3) is 0 Å². The van der Waals surface area contributed by atoms with Gasteiger partial charge in [0.1, 0.15) is 6.33 Å². The fourth-order valence-electron chi connectivity index (χ4n) is 1.94. The third-order valence-electron chi connectivity index (χ3n) is 2.96. The lowest BCUT2D eigenvalue weighted by atomic mass is 10.3. The van der Waals surface area contributed by atoms with Gasteiger partial charge in [0.25, 0.3) is 0 Å². The van der Waals surface area contributed by atoms with Crippen LogP contribution in [-0.4, -0.2) is 42.2 Å². The van der Waals surface area contributed by atoms with Gasteiger partial charge in [-0.05, 0) is 30.3 Å². The zero-order chi connectivity index (χ0) is 15.2. The first-order valence-corrected chi connectivity index (χ1v) is 6.59. The lowest BCUT2D eigenvalue weighted by Gasteiger charge is -2.10. The SMILES string of the molecule is Cc1cc(C)n(CCNC(=O)CCn2cnnn2)c(=O)n1. The number of amides is 1. The molecular formula is C12H17N7O2. The van der Waals surface area contributed by atoms with Gasteiger partial charge in [0.2, 0.25) is 5.91 Å². The van der Waals surface area contributed by atoms with Crippen molar-refractivity contribution in [3.63, 3.8) is 0 Å².